The number of anilines is 1. The number of hydrogen-bond donors (Lipinski definition) is 0. The second kappa shape index (κ2) is 5.14. The Morgan fingerprint density at radius 3 is 3.05 bits per heavy atom. The van der Waals surface area contributed by atoms with Crippen molar-refractivity contribution in [3.05, 3.63) is 36.7 Å². The van der Waals surface area contributed by atoms with Crippen molar-refractivity contribution in [2.45, 2.75) is 6.10 Å². The zero-order valence-electron chi connectivity index (χ0n) is 12.0. The molecule has 8 heteroatoms. The quantitative estimate of drug-likeness (QED) is 0.707. The summed E-state index contributed by atoms with van der Waals surface area (Å²) >= 11 is 0. The van der Waals surface area contributed by atoms with Crippen LogP contribution in [0.2, 0.25) is 0 Å². The molecule has 0 unspecified atom stereocenters. The number of benzene rings is 1. The molecule has 0 fully saturated rings. The van der Waals surface area contributed by atoms with Crippen LogP contribution in [0.25, 0.3) is 5.65 Å². The molecule has 0 amide bonds. The molecule has 1 aliphatic rings. The van der Waals surface area contributed by atoms with E-state index < -0.39 is 0 Å². The average molecular weight is 298 g/mol. The number of nitrogens with zero attached hydrogens (tertiary/aromatic N) is 6. The second-order valence-electron chi connectivity index (χ2n) is 5.09. The lowest BCUT2D eigenvalue weighted by molar-refractivity contribution is 0.0959. The summed E-state index contributed by atoms with van der Waals surface area (Å²) in [5.41, 5.74) is 0.607. The van der Waals surface area contributed by atoms with Crippen LogP contribution in [0.5, 0.6) is 11.5 Å². The molecular weight excluding hydrogens is 284 g/mol. The largest absolute Gasteiger partial charge is 0.486 e. The molecular formula is C14H14N6O2. The Kier molecular flexibility index (Phi) is 2.99. The van der Waals surface area contributed by atoms with Crippen molar-refractivity contribution < 1.29 is 9.47 Å². The van der Waals surface area contributed by atoms with Crippen LogP contribution < -0.4 is 14.4 Å². The molecule has 0 N–H and O–H groups in total. The van der Waals surface area contributed by atoms with Crippen LogP contribution in [0.15, 0.2) is 36.7 Å². The molecule has 0 saturated carbocycles. The summed E-state index contributed by atoms with van der Waals surface area (Å²) in [5, 5.41) is 11.5. The maximum atomic E-state index is 5.97. The fourth-order valence-corrected chi connectivity index (χ4v) is 2.48. The topological polar surface area (TPSA) is 77.7 Å². The Labute approximate surface area is 126 Å². The van der Waals surface area contributed by atoms with Crippen molar-refractivity contribution in [2.75, 3.05) is 25.1 Å². The molecule has 1 atom stereocenters. The molecule has 3 heterocycles. The highest BCUT2D eigenvalue weighted by Crippen LogP contribution is 2.31. The van der Waals surface area contributed by atoms with Crippen LogP contribution in [0.1, 0.15) is 0 Å². The maximum Gasteiger partial charge on any atom is 0.199 e. The first-order chi connectivity index (χ1) is 10.8. The summed E-state index contributed by atoms with van der Waals surface area (Å²) in [6.45, 7) is 1.13. The molecule has 0 spiro atoms. The second-order valence-corrected chi connectivity index (χ2v) is 5.09. The summed E-state index contributed by atoms with van der Waals surface area (Å²) in [6.07, 6.45) is 3.26. The SMILES string of the molecule is CN(C[C@H]1COc2ccccc2O1)c1cncc2nnnn12. The van der Waals surface area contributed by atoms with Crippen molar-refractivity contribution in [3.8, 4) is 11.5 Å². The summed E-state index contributed by atoms with van der Waals surface area (Å²) < 4.78 is 13.3. The predicted molar refractivity (Wildman–Crippen MR) is 78.2 cm³/mol. The molecule has 4 rings (SSSR count). The standard InChI is InChI=1S/C14H14N6O2/c1-19(14-7-15-6-13-16-17-18-20(13)14)8-10-9-21-11-4-2-3-5-12(11)22-10/h2-7,10H,8-9H2,1H3/t10-/m0/s1. The molecule has 8 nitrogen and oxygen atoms in total. The van der Waals surface area contributed by atoms with E-state index in [9.17, 15) is 0 Å². The lowest BCUT2D eigenvalue weighted by atomic mass is 10.2. The summed E-state index contributed by atoms with van der Waals surface area (Å²) in [6, 6.07) is 7.67. The van der Waals surface area contributed by atoms with E-state index in [0.29, 0.717) is 18.8 Å². The molecule has 22 heavy (non-hydrogen) atoms. The van der Waals surface area contributed by atoms with Gasteiger partial charge in [-0.05, 0) is 22.6 Å². The van der Waals surface area contributed by atoms with Crippen molar-refractivity contribution in [2.24, 2.45) is 0 Å². The minimum atomic E-state index is -0.0772. The van der Waals surface area contributed by atoms with Gasteiger partial charge in [0.1, 0.15) is 6.61 Å². The van der Waals surface area contributed by atoms with Gasteiger partial charge in [0.15, 0.2) is 29.1 Å². The number of fused-ring (bicyclic) bond motifs is 2. The van der Waals surface area contributed by atoms with E-state index in [4.69, 9.17) is 9.47 Å². The highest BCUT2D eigenvalue weighted by atomic mass is 16.6. The van der Waals surface area contributed by atoms with Gasteiger partial charge in [-0.15, -0.1) is 5.10 Å². The van der Waals surface area contributed by atoms with E-state index in [1.165, 1.54) is 0 Å². The Balaban J connectivity index is 1.53. The van der Waals surface area contributed by atoms with Gasteiger partial charge in [0, 0.05) is 7.05 Å². The van der Waals surface area contributed by atoms with Crippen LogP contribution >= 0.6 is 0 Å². The first-order valence-corrected chi connectivity index (χ1v) is 6.93. The Hall–Kier alpha value is -2.90. The number of tetrazole rings is 1. The van der Waals surface area contributed by atoms with Crippen molar-refractivity contribution in [3.63, 3.8) is 0 Å². The van der Waals surface area contributed by atoms with Gasteiger partial charge in [-0.2, -0.15) is 4.52 Å². The molecule has 0 radical (unpaired) electrons. The molecule has 0 aliphatic carbocycles. The van der Waals surface area contributed by atoms with Crippen LogP contribution in [-0.4, -0.2) is 51.3 Å². The molecule has 3 aromatic rings. The molecule has 1 aliphatic heterocycles. The van der Waals surface area contributed by atoms with Gasteiger partial charge in [0.05, 0.1) is 18.9 Å². The van der Waals surface area contributed by atoms with Crippen molar-refractivity contribution in [1.29, 1.82) is 0 Å². The van der Waals surface area contributed by atoms with E-state index >= 15 is 0 Å². The Bertz CT molecular complexity index is 805. The van der Waals surface area contributed by atoms with E-state index in [2.05, 4.69) is 20.5 Å². The molecule has 0 saturated heterocycles. The lowest BCUT2D eigenvalue weighted by Crippen LogP contribution is -2.40. The van der Waals surface area contributed by atoms with Crippen molar-refractivity contribution >= 4 is 11.5 Å². The number of likely N-dealkylation sites (N-methyl/N-ethyl adjacent to an activating group) is 1. The Morgan fingerprint density at radius 1 is 1.27 bits per heavy atom. The number of aromatic nitrogens is 5. The van der Waals surface area contributed by atoms with Gasteiger partial charge in [-0.3, -0.25) is 4.98 Å². The van der Waals surface area contributed by atoms with E-state index in [1.807, 2.05) is 36.2 Å². The average Bonchev–Trinajstić information content (AvgIpc) is 3.03. The van der Waals surface area contributed by atoms with Gasteiger partial charge in [-0.25, -0.2) is 0 Å². The lowest BCUT2D eigenvalue weighted by Gasteiger charge is -2.30. The van der Waals surface area contributed by atoms with Gasteiger partial charge < -0.3 is 14.4 Å². The van der Waals surface area contributed by atoms with Gasteiger partial charge in [0.25, 0.3) is 0 Å². The summed E-state index contributed by atoms with van der Waals surface area (Å²) in [5.74, 6) is 2.35. The van der Waals surface area contributed by atoms with Crippen LogP contribution in [0, 0.1) is 0 Å². The zero-order valence-corrected chi connectivity index (χ0v) is 12.0. The van der Waals surface area contributed by atoms with E-state index in [1.54, 1.807) is 16.9 Å². The fourth-order valence-electron chi connectivity index (χ4n) is 2.48. The number of ether oxygens (including phenoxy) is 2. The predicted octanol–water partition coefficient (Wildman–Crippen LogP) is 0.795. The molecule has 0 bridgehead atoms. The molecule has 2 aromatic heterocycles. The molecule has 1 aromatic carbocycles. The van der Waals surface area contributed by atoms with Crippen LogP contribution in [0.3, 0.4) is 0 Å². The van der Waals surface area contributed by atoms with Crippen LogP contribution in [0.4, 0.5) is 5.82 Å². The van der Waals surface area contributed by atoms with Gasteiger partial charge in [0.2, 0.25) is 0 Å². The molecule has 112 valence electrons. The number of hydrogen-bond acceptors (Lipinski definition) is 7. The first-order valence-electron chi connectivity index (χ1n) is 6.93. The first kappa shape index (κ1) is 12.8. The third kappa shape index (κ3) is 2.18. The maximum absolute atomic E-state index is 5.97. The smallest absolute Gasteiger partial charge is 0.199 e. The van der Waals surface area contributed by atoms with E-state index in [0.717, 1.165) is 17.3 Å². The van der Waals surface area contributed by atoms with Crippen molar-refractivity contribution in [1.82, 2.24) is 25.0 Å². The third-order valence-electron chi connectivity index (χ3n) is 3.53. The van der Waals surface area contributed by atoms with Gasteiger partial charge in [-0.1, -0.05) is 12.1 Å². The minimum absolute atomic E-state index is 0.0772. The Morgan fingerprint density at radius 2 is 2.14 bits per heavy atom. The number of para-hydroxylation sites is 2. The third-order valence-corrected chi connectivity index (χ3v) is 3.53. The van der Waals surface area contributed by atoms with Gasteiger partial charge >= 0.3 is 0 Å². The number of rotatable bonds is 3. The zero-order chi connectivity index (χ0) is 14.9. The normalized spacial score (nSPS) is 16.7. The fraction of sp³-hybridized carbons (Fsp3) is 0.286. The minimum Gasteiger partial charge on any atom is -0.486 e. The van der Waals surface area contributed by atoms with Crippen LogP contribution in [-0.2, 0) is 0 Å². The summed E-state index contributed by atoms with van der Waals surface area (Å²) in [4.78, 5) is 6.16. The highest BCUT2D eigenvalue weighted by Gasteiger charge is 2.23. The summed E-state index contributed by atoms with van der Waals surface area (Å²) in [7, 11) is 1.95. The van der Waals surface area contributed by atoms with E-state index in [-0.39, 0.29) is 6.10 Å². The monoisotopic (exact) mass is 298 g/mol. The highest BCUT2D eigenvalue weighted by molar-refractivity contribution is 5.46.